The topological polar surface area (TPSA) is 67.4 Å². The molecule has 0 unspecified atom stereocenters. The van der Waals surface area contributed by atoms with Gasteiger partial charge in [-0.3, -0.25) is 0 Å². The predicted octanol–water partition coefficient (Wildman–Crippen LogP) is 1.13. The van der Waals surface area contributed by atoms with Gasteiger partial charge >= 0.3 is 0 Å². The molecule has 2 N–H and O–H groups in total. The van der Waals surface area contributed by atoms with E-state index in [1.807, 2.05) is 51.1 Å². The van der Waals surface area contributed by atoms with Crippen LogP contribution in [0.1, 0.15) is 20.8 Å². The molecule has 20 heavy (non-hydrogen) atoms. The lowest BCUT2D eigenvalue weighted by atomic mass is 10.1. The largest absolute Gasteiger partial charge is 0.530 e. The molecule has 1 aromatic rings. The van der Waals surface area contributed by atoms with Crippen molar-refractivity contribution in [2.45, 2.75) is 26.3 Å². The number of anilines is 1. The normalized spacial score (nSPS) is 11.2. The Bertz CT molecular complexity index is 401. The average molecular weight is 278 g/mol. The van der Waals surface area contributed by atoms with Crippen molar-refractivity contribution < 1.29 is 9.90 Å². The van der Waals surface area contributed by atoms with Crippen molar-refractivity contribution >= 4 is 11.8 Å². The molecule has 0 aliphatic rings. The Kier molecular flexibility index (Phi) is 6.31. The first-order valence-corrected chi connectivity index (χ1v) is 6.89. The molecule has 1 amide bonds. The van der Waals surface area contributed by atoms with Crippen LogP contribution < -0.4 is 15.7 Å². The van der Waals surface area contributed by atoms with E-state index in [1.165, 1.54) is 4.90 Å². The molecular formula is C15H24N3O2-. The average Bonchev–Trinajstić information content (AvgIpc) is 2.37. The smallest absolute Gasteiger partial charge is 0.137 e. The lowest BCUT2D eigenvalue weighted by molar-refractivity contribution is -0.270. The molecule has 0 radical (unpaired) electrons. The second-order valence-corrected chi connectivity index (χ2v) is 5.63. The summed E-state index contributed by atoms with van der Waals surface area (Å²) in [6, 6.07) is 9.97. The van der Waals surface area contributed by atoms with Gasteiger partial charge < -0.3 is 25.4 Å². The van der Waals surface area contributed by atoms with Crippen molar-refractivity contribution in [1.82, 2.24) is 10.2 Å². The van der Waals surface area contributed by atoms with Crippen LogP contribution in [0.3, 0.4) is 0 Å². The van der Waals surface area contributed by atoms with Crippen LogP contribution in [-0.2, 0) is 0 Å². The highest BCUT2D eigenvalue weighted by Gasteiger charge is 2.20. The first-order chi connectivity index (χ1) is 9.41. The number of nitrogens with one attached hydrogen (secondary N) is 2. The molecule has 0 aliphatic carbocycles. The van der Waals surface area contributed by atoms with Gasteiger partial charge in [-0.25, -0.2) is 0 Å². The number of carboxylic acid groups (broad SMARTS) is 1. The summed E-state index contributed by atoms with van der Waals surface area (Å²) in [7, 11) is 0. The van der Waals surface area contributed by atoms with Gasteiger partial charge in [-0.2, -0.15) is 0 Å². The first kappa shape index (κ1) is 16.3. The van der Waals surface area contributed by atoms with Gasteiger partial charge in [0.25, 0.3) is 0 Å². The van der Waals surface area contributed by atoms with Crippen LogP contribution in [0, 0.1) is 0 Å². The molecule has 1 rings (SSSR count). The molecule has 112 valence electrons. The van der Waals surface area contributed by atoms with E-state index in [-0.39, 0.29) is 0 Å². The Balaban J connectivity index is 2.17. The van der Waals surface area contributed by atoms with Crippen molar-refractivity contribution in [3.8, 4) is 0 Å². The maximum absolute atomic E-state index is 11.0. The zero-order valence-corrected chi connectivity index (χ0v) is 12.5. The number of rotatable bonds is 7. The standard InChI is InChI=1S/C15H25N3O2/c1-15(2,3)18(14(19)20)12-11-16-9-10-17-13-7-5-4-6-8-13/h4-8,16-17H,9-12H2,1-3H3,(H,19,20)/p-1. The lowest BCUT2D eigenvalue weighted by Gasteiger charge is -2.37. The Labute approximate surface area is 121 Å². The van der Waals surface area contributed by atoms with E-state index < -0.39 is 11.6 Å². The maximum atomic E-state index is 11.0. The van der Waals surface area contributed by atoms with Gasteiger partial charge in [0.05, 0.1) is 0 Å². The number of para-hydroxylation sites is 1. The lowest BCUT2D eigenvalue weighted by Crippen LogP contribution is -2.53. The number of carbonyl (C=O) groups is 1. The third kappa shape index (κ3) is 5.93. The molecule has 0 saturated carbocycles. The molecule has 1 aromatic carbocycles. The van der Waals surface area contributed by atoms with Crippen molar-refractivity contribution in [1.29, 1.82) is 0 Å². The third-order valence-corrected chi connectivity index (χ3v) is 2.95. The number of nitrogens with zero attached hydrogens (tertiary/aromatic N) is 1. The Hall–Kier alpha value is -1.75. The number of carbonyl (C=O) groups excluding carboxylic acids is 1. The summed E-state index contributed by atoms with van der Waals surface area (Å²) in [5, 5.41) is 17.5. The molecule has 5 nitrogen and oxygen atoms in total. The van der Waals surface area contributed by atoms with Gasteiger partial charge in [-0.05, 0) is 32.9 Å². The highest BCUT2D eigenvalue weighted by molar-refractivity contribution is 5.63. The summed E-state index contributed by atoms with van der Waals surface area (Å²) in [6.45, 7) is 8.20. The zero-order valence-electron chi connectivity index (χ0n) is 12.5. The SMILES string of the molecule is CC(C)(C)N(CCNCCNc1ccccc1)C(=O)[O-]. The van der Waals surface area contributed by atoms with Gasteiger partial charge in [0.2, 0.25) is 0 Å². The first-order valence-electron chi connectivity index (χ1n) is 6.89. The summed E-state index contributed by atoms with van der Waals surface area (Å²) < 4.78 is 0. The van der Waals surface area contributed by atoms with Crippen molar-refractivity contribution in [2.24, 2.45) is 0 Å². The van der Waals surface area contributed by atoms with Crippen molar-refractivity contribution in [2.75, 3.05) is 31.5 Å². The highest BCUT2D eigenvalue weighted by atomic mass is 16.4. The van der Waals surface area contributed by atoms with Gasteiger partial charge in [0.1, 0.15) is 6.09 Å². The van der Waals surface area contributed by atoms with Gasteiger partial charge in [0.15, 0.2) is 0 Å². The number of benzene rings is 1. The van der Waals surface area contributed by atoms with Gasteiger partial charge in [0, 0.05) is 37.4 Å². The second-order valence-electron chi connectivity index (χ2n) is 5.63. The van der Waals surface area contributed by atoms with Crippen LogP contribution >= 0.6 is 0 Å². The van der Waals surface area contributed by atoms with Crippen LogP contribution in [0.4, 0.5) is 10.5 Å². The summed E-state index contributed by atoms with van der Waals surface area (Å²) in [6.07, 6.45) is -1.12. The number of amides is 1. The fraction of sp³-hybridized carbons (Fsp3) is 0.533. The van der Waals surface area contributed by atoms with Gasteiger partial charge in [-0.15, -0.1) is 0 Å². The minimum Gasteiger partial charge on any atom is -0.530 e. The predicted molar refractivity (Wildman–Crippen MR) is 79.7 cm³/mol. The summed E-state index contributed by atoms with van der Waals surface area (Å²) in [5.74, 6) is 0. The molecular weight excluding hydrogens is 254 g/mol. The van der Waals surface area contributed by atoms with Crippen LogP contribution in [0.15, 0.2) is 30.3 Å². The van der Waals surface area contributed by atoms with Crippen LogP contribution in [-0.4, -0.2) is 42.7 Å². The van der Waals surface area contributed by atoms with Crippen LogP contribution in [0.25, 0.3) is 0 Å². The molecule has 0 spiro atoms. The van der Waals surface area contributed by atoms with Crippen molar-refractivity contribution in [3.63, 3.8) is 0 Å². The van der Waals surface area contributed by atoms with E-state index in [0.29, 0.717) is 13.1 Å². The molecule has 0 atom stereocenters. The van der Waals surface area contributed by atoms with E-state index >= 15 is 0 Å². The third-order valence-electron chi connectivity index (χ3n) is 2.95. The highest BCUT2D eigenvalue weighted by Crippen LogP contribution is 2.11. The fourth-order valence-corrected chi connectivity index (χ4v) is 1.87. The Morgan fingerprint density at radius 3 is 2.35 bits per heavy atom. The van der Waals surface area contributed by atoms with E-state index in [9.17, 15) is 9.90 Å². The molecule has 0 aliphatic heterocycles. The van der Waals surface area contributed by atoms with E-state index in [2.05, 4.69) is 10.6 Å². The molecule has 0 saturated heterocycles. The summed E-state index contributed by atoms with van der Waals surface area (Å²) in [4.78, 5) is 12.4. The summed E-state index contributed by atoms with van der Waals surface area (Å²) >= 11 is 0. The van der Waals surface area contributed by atoms with E-state index in [1.54, 1.807) is 0 Å². The van der Waals surface area contributed by atoms with Crippen molar-refractivity contribution in [3.05, 3.63) is 30.3 Å². The summed E-state index contributed by atoms with van der Waals surface area (Å²) in [5.41, 5.74) is 0.656. The second kappa shape index (κ2) is 7.75. The molecule has 0 aromatic heterocycles. The van der Waals surface area contributed by atoms with E-state index in [4.69, 9.17) is 0 Å². The molecule has 5 heteroatoms. The molecule has 0 heterocycles. The van der Waals surface area contributed by atoms with Gasteiger partial charge in [-0.1, -0.05) is 18.2 Å². The number of hydrogen-bond acceptors (Lipinski definition) is 4. The van der Waals surface area contributed by atoms with Crippen LogP contribution in [0.5, 0.6) is 0 Å². The maximum Gasteiger partial charge on any atom is 0.137 e. The van der Waals surface area contributed by atoms with E-state index in [0.717, 1.165) is 18.8 Å². The molecule has 0 fully saturated rings. The quantitative estimate of drug-likeness (QED) is 0.734. The number of hydrogen-bond donors (Lipinski definition) is 2. The zero-order chi connectivity index (χ0) is 15.0. The monoisotopic (exact) mass is 278 g/mol. The fourth-order valence-electron chi connectivity index (χ4n) is 1.87. The van der Waals surface area contributed by atoms with Crippen LogP contribution in [0.2, 0.25) is 0 Å². The minimum atomic E-state index is -1.12. The minimum absolute atomic E-state index is 0.428. The molecule has 0 bridgehead atoms. The Morgan fingerprint density at radius 2 is 1.80 bits per heavy atom. The Morgan fingerprint density at radius 1 is 1.15 bits per heavy atom.